The number of nitrogens with zero attached hydrogens (tertiary/aromatic N) is 1. The van der Waals surface area contributed by atoms with Crippen molar-refractivity contribution in [2.75, 3.05) is 20.1 Å². The Morgan fingerprint density at radius 2 is 2.05 bits per heavy atom. The highest BCUT2D eigenvalue weighted by atomic mass is 35.5. The molecule has 1 N–H and O–H groups in total. The van der Waals surface area contributed by atoms with Gasteiger partial charge in [-0.2, -0.15) is 0 Å². The summed E-state index contributed by atoms with van der Waals surface area (Å²) in [7, 11) is 1.91. The number of likely N-dealkylation sites (N-methyl/N-ethyl adjacent to an activating group) is 1. The first-order valence-corrected chi connectivity index (χ1v) is 6.79. The van der Waals surface area contributed by atoms with E-state index in [1.807, 2.05) is 36.2 Å². The van der Waals surface area contributed by atoms with Crippen LogP contribution in [0.3, 0.4) is 0 Å². The predicted molar refractivity (Wildman–Crippen MR) is 81.1 cm³/mol. The molecule has 1 aromatic carbocycles. The Kier molecular flexibility index (Phi) is 6.32. The molecule has 2 rings (SSSR count). The summed E-state index contributed by atoms with van der Waals surface area (Å²) in [5, 5.41) is 3.35. The van der Waals surface area contributed by atoms with Crippen LogP contribution in [0.5, 0.6) is 0 Å². The maximum absolute atomic E-state index is 12.3. The molecule has 1 atom stereocenters. The van der Waals surface area contributed by atoms with E-state index in [-0.39, 0.29) is 18.3 Å². The molecule has 0 saturated carbocycles. The quantitative estimate of drug-likeness (QED) is 0.924. The van der Waals surface area contributed by atoms with Crippen LogP contribution in [-0.4, -0.2) is 37.0 Å². The maximum atomic E-state index is 12.3. The molecule has 0 radical (unpaired) electrons. The fourth-order valence-electron chi connectivity index (χ4n) is 2.42. The lowest BCUT2D eigenvalue weighted by Gasteiger charge is -2.31. The Bertz CT molecular complexity index is 399. The summed E-state index contributed by atoms with van der Waals surface area (Å²) in [5.41, 5.74) is 2.06. The van der Waals surface area contributed by atoms with E-state index in [1.54, 1.807) is 0 Å². The van der Waals surface area contributed by atoms with Crippen LogP contribution in [-0.2, 0) is 6.42 Å². The van der Waals surface area contributed by atoms with E-state index in [2.05, 4.69) is 12.2 Å². The molecule has 1 aromatic rings. The number of aryl methyl sites for hydroxylation is 1. The van der Waals surface area contributed by atoms with Crippen LogP contribution in [0, 0.1) is 0 Å². The molecule has 1 aliphatic rings. The molecule has 4 heteroatoms. The highest BCUT2D eigenvalue weighted by Crippen LogP contribution is 2.13. The second-order valence-corrected chi connectivity index (χ2v) is 4.97. The Balaban J connectivity index is 0.00000180. The van der Waals surface area contributed by atoms with Gasteiger partial charge in [0.25, 0.3) is 5.91 Å². The third-order valence-corrected chi connectivity index (χ3v) is 3.75. The van der Waals surface area contributed by atoms with E-state index in [0.29, 0.717) is 6.04 Å². The second-order valence-electron chi connectivity index (χ2n) is 4.97. The first kappa shape index (κ1) is 16.0. The molecule has 106 valence electrons. The van der Waals surface area contributed by atoms with E-state index in [9.17, 15) is 4.79 Å². The Labute approximate surface area is 121 Å². The highest BCUT2D eigenvalue weighted by Gasteiger charge is 2.22. The van der Waals surface area contributed by atoms with Crippen LogP contribution in [0.15, 0.2) is 24.3 Å². The average Bonchev–Trinajstić information content (AvgIpc) is 2.47. The SMILES string of the molecule is CCc1ccc(C(=O)N(C)[C@@H]2CCCNC2)cc1.Cl. The zero-order valence-corrected chi connectivity index (χ0v) is 12.5. The average molecular weight is 283 g/mol. The molecule has 0 aliphatic carbocycles. The smallest absolute Gasteiger partial charge is 0.253 e. The van der Waals surface area contributed by atoms with Gasteiger partial charge in [-0.25, -0.2) is 0 Å². The lowest BCUT2D eigenvalue weighted by atomic mass is 10.0. The van der Waals surface area contributed by atoms with Gasteiger partial charge < -0.3 is 10.2 Å². The largest absolute Gasteiger partial charge is 0.337 e. The topological polar surface area (TPSA) is 32.3 Å². The first-order valence-electron chi connectivity index (χ1n) is 6.79. The zero-order valence-electron chi connectivity index (χ0n) is 11.7. The number of hydrogen-bond donors (Lipinski definition) is 1. The predicted octanol–water partition coefficient (Wildman–Crippen LogP) is 2.49. The third kappa shape index (κ3) is 3.95. The van der Waals surface area contributed by atoms with Crippen LogP contribution in [0.2, 0.25) is 0 Å². The molecular formula is C15H23ClN2O. The minimum atomic E-state index is 0. The van der Waals surface area contributed by atoms with Crippen molar-refractivity contribution in [2.45, 2.75) is 32.2 Å². The third-order valence-electron chi connectivity index (χ3n) is 3.75. The number of rotatable bonds is 3. The van der Waals surface area contributed by atoms with Crippen molar-refractivity contribution >= 4 is 18.3 Å². The van der Waals surface area contributed by atoms with Crippen molar-refractivity contribution < 1.29 is 4.79 Å². The van der Waals surface area contributed by atoms with Crippen LogP contribution >= 0.6 is 12.4 Å². The van der Waals surface area contributed by atoms with E-state index < -0.39 is 0 Å². The number of carbonyl (C=O) groups excluding carboxylic acids is 1. The molecule has 0 spiro atoms. The Morgan fingerprint density at radius 1 is 1.37 bits per heavy atom. The van der Waals surface area contributed by atoms with Crippen molar-refractivity contribution in [3.05, 3.63) is 35.4 Å². The van der Waals surface area contributed by atoms with Gasteiger partial charge in [-0.05, 0) is 43.5 Å². The molecule has 1 heterocycles. The maximum Gasteiger partial charge on any atom is 0.253 e. The van der Waals surface area contributed by atoms with E-state index in [1.165, 1.54) is 5.56 Å². The summed E-state index contributed by atoms with van der Waals surface area (Å²) < 4.78 is 0. The summed E-state index contributed by atoms with van der Waals surface area (Å²) in [6.45, 7) is 4.11. The molecule has 1 amide bonds. The molecule has 19 heavy (non-hydrogen) atoms. The molecule has 1 saturated heterocycles. The standard InChI is InChI=1S/C15H22N2O.ClH/c1-3-12-6-8-13(9-7-12)15(18)17(2)14-5-4-10-16-11-14;/h6-9,14,16H,3-5,10-11H2,1-2H3;1H/t14-;/m1./s1. The molecule has 1 fully saturated rings. The van der Waals surface area contributed by atoms with Gasteiger partial charge in [0, 0.05) is 25.2 Å². The molecule has 0 unspecified atom stereocenters. The van der Waals surface area contributed by atoms with E-state index in [0.717, 1.165) is 37.9 Å². The van der Waals surface area contributed by atoms with Gasteiger partial charge in [-0.3, -0.25) is 4.79 Å². The van der Waals surface area contributed by atoms with Crippen molar-refractivity contribution in [2.24, 2.45) is 0 Å². The minimum Gasteiger partial charge on any atom is -0.337 e. The number of hydrogen-bond acceptors (Lipinski definition) is 2. The number of nitrogens with one attached hydrogen (secondary N) is 1. The fraction of sp³-hybridized carbons (Fsp3) is 0.533. The van der Waals surface area contributed by atoms with Gasteiger partial charge in [0.2, 0.25) is 0 Å². The summed E-state index contributed by atoms with van der Waals surface area (Å²) in [4.78, 5) is 14.2. The van der Waals surface area contributed by atoms with Gasteiger partial charge in [0.1, 0.15) is 0 Å². The van der Waals surface area contributed by atoms with Crippen molar-refractivity contribution in [1.29, 1.82) is 0 Å². The highest BCUT2D eigenvalue weighted by molar-refractivity contribution is 5.94. The molecule has 1 aliphatic heterocycles. The van der Waals surface area contributed by atoms with Crippen LogP contribution in [0.25, 0.3) is 0 Å². The van der Waals surface area contributed by atoms with Crippen LogP contribution in [0.1, 0.15) is 35.7 Å². The molecule has 3 nitrogen and oxygen atoms in total. The lowest BCUT2D eigenvalue weighted by molar-refractivity contribution is 0.0708. The van der Waals surface area contributed by atoms with Crippen molar-refractivity contribution in [3.8, 4) is 0 Å². The van der Waals surface area contributed by atoms with Gasteiger partial charge in [0.05, 0.1) is 0 Å². The fourth-order valence-corrected chi connectivity index (χ4v) is 2.42. The number of halogens is 1. The van der Waals surface area contributed by atoms with Gasteiger partial charge in [-0.1, -0.05) is 19.1 Å². The van der Waals surface area contributed by atoms with Gasteiger partial charge >= 0.3 is 0 Å². The first-order chi connectivity index (χ1) is 8.72. The molecule has 0 aromatic heterocycles. The van der Waals surface area contributed by atoms with Crippen LogP contribution in [0.4, 0.5) is 0 Å². The summed E-state index contributed by atoms with van der Waals surface area (Å²) in [5.74, 6) is 0.131. The Hall–Kier alpha value is -1.06. The zero-order chi connectivity index (χ0) is 13.0. The summed E-state index contributed by atoms with van der Waals surface area (Å²) in [6, 6.07) is 8.29. The monoisotopic (exact) mass is 282 g/mol. The number of benzene rings is 1. The summed E-state index contributed by atoms with van der Waals surface area (Å²) >= 11 is 0. The van der Waals surface area contributed by atoms with Crippen LogP contribution < -0.4 is 5.32 Å². The number of piperidine rings is 1. The lowest BCUT2D eigenvalue weighted by Crippen LogP contribution is -2.46. The van der Waals surface area contributed by atoms with Gasteiger partial charge in [-0.15, -0.1) is 12.4 Å². The second kappa shape index (κ2) is 7.51. The minimum absolute atomic E-state index is 0. The van der Waals surface area contributed by atoms with Crippen molar-refractivity contribution in [1.82, 2.24) is 10.2 Å². The van der Waals surface area contributed by atoms with E-state index in [4.69, 9.17) is 0 Å². The van der Waals surface area contributed by atoms with Gasteiger partial charge in [0.15, 0.2) is 0 Å². The summed E-state index contributed by atoms with van der Waals surface area (Å²) in [6.07, 6.45) is 3.26. The normalized spacial score (nSPS) is 18.5. The van der Waals surface area contributed by atoms with E-state index >= 15 is 0 Å². The number of amides is 1. The van der Waals surface area contributed by atoms with Crippen molar-refractivity contribution in [3.63, 3.8) is 0 Å². The Morgan fingerprint density at radius 3 is 2.58 bits per heavy atom. The molecule has 0 bridgehead atoms. The number of carbonyl (C=O) groups is 1. The molecular weight excluding hydrogens is 260 g/mol.